The Bertz CT molecular complexity index is 508. The first-order valence-corrected chi connectivity index (χ1v) is 7.34. The van der Waals surface area contributed by atoms with Crippen LogP contribution < -0.4 is 5.73 Å². The quantitative estimate of drug-likeness (QED) is 0.857. The fourth-order valence-corrected chi connectivity index (χ4v) is 3.04. The zero-order chi connectivity index (χ0) is 14.3. The lowest BCUT2D eigenvalue weighted by Crippen LogP contribution is -2.33. The molecule has 1 saturated heterocycles. The van der Waals surface area contributed by atoms with E-state index in [1.165, 1.54) is 0 Å². The fraction of sp³-hybridized carbons (Fsp3) is 0.714. The van der Waals surface area contributed by atoms with E-state index in [0.717, 1.165) is 44.6 Å². The number of amides is 1. The van der Waals surface area contributed by atoms with E-state index in [9.17, 15) is 4.79 Å². The highest BCUT2D eigenvalue weighted by Crippen LogP contribution is 2.42. The molecule has 1 aliphatic carbocycles. The number of hydrogen-bond acceptors (Lipinski definition) is 4. The Morgan fingerprint density at radius 1 is 1.50 bits per heavy atom. The lowest BCUT2D eigenvalue weighted by molar-refractivity contribution is 0.0769. The molecule has 6 heteroatoms. The summed E-state index contributed by atoms with van der Waals surface area (Å²) in [5, 5.41) is 7.08. The molecule has 1 amide bonds. The number of nitrogens with one attached hydrogen (secondary N) is 1. The number of aromatic amines is 1. The number of nitrogens with two attached hydrogens (primary N) is 1. The normalized spacial score (nSPS) is 23.2. The molecule has 20 heavy (non-hydrogen) atoms. The first-order chi connectivity index (χ1) is 9.56. The lowest BCUT2D eigenvalue weighted by atomic mass is 10.1. The van der Waals surface area contributed by atoms with E-state index in [-0.39, 0.29) is 5.91 Å². The smallest absolute Gasteiger partial charge is 0.276 e. The Labute approximate surface area is 119 Å². The van der Waals surface area contributed by atoms with Crippen molar-refractivity contribution in [3.05, 3.63) is 11.4 Å². The number of H-pyrrole nitrogens is 1. The number of carbonyl (C=O) groups excluding carboxylic acids is 1. The van der Waals surface area contributed by atoms with Gasteiger partial charge < -0.3 is 15.5 Å². The SMILES string of the molecule is CN1CCC(CN(C)C(=O)c2n[nH]c(C3CC3)c2N)C1. The van der Waals surface area contributed by atoms with E-state index in [1.54, 1.807) is 4.90 Å². The van der Waals surface area contributed by atoms with Crippen molar-refractivity contribution in [3.8, 4) is 0 Å². The summed E-state index contributed by atoms with van der Waals surface area (Å²) in [5.74, 6) is 0.968. The van der Waals surface area contributed by atoms with Crippen LogP contribution in [0.25, 0.3) is 0 Å². The number of rotatable bonds is 4. The zero-order valence-corrected chi connectivity index (χ0v) is 12.2. The number of nitrogen functional groups attached to an aromatic ring is 1. The zero-order valence-electron chi connectivity index (χ0n) is 12.2. The van der Waals surface area contributed by atoms with Gasteiger partial charge >= 0.3 is 0 Å². The summed E-state index contributed by atoms with van der Waals surface area (Å²) in [7, 11) is 3.96. The Morgan fingerprint density at radius 2 is 2.25 bits per heavy atom. The fourth-order valence-electron chi connectivity index (χ4n) is 3.04. The molecule has 110 valence electrons. The van der Waals surface area contributed by atoms with Crippen molar-refractivity contribution in [2.75, 3.05) is 39.5 Å². The molecule has 1 atom stereocenters. The van der Waals surface area contributed by atoms with Crippen molar-refractivity contribution in [1.29, 1.82) is 0 Å². The summed E-state index contributed by atoms with van der Waals surface area (Å²) in [5.41, 5.74) is 7.95. The molecule has 3 rings (SSSR count). The van der Waals surface area contributed by atoms with Crippen molar-refractivity contribution in [1.82, 2.24) is 20.0 Å². The molecular formula is C14H23N5O. The van der Waals surface area contributed by atoms with Gasteiger partial charge in [-0.05, 0) is 38.8 Å². The van der Waals surface area contributed by atoms with Crippen LogP contribution in [0.15, 0.2) is 0 Å². The van der Waals surface area contributed by atoms with Crippen LogP contribution in [0, 0.1) is 5.92 Å². The maximum Gasteiger partial charge on any atom is 0.276 e. The third-order valence-electron chi connectivity index (χ3n) is 4.39. The minimum Gasteiger partial charge on any atom is -0.395 e. The Kier molecular flexibility index (Phi) is 3.41. The average molecular weight is 277 g/mol. The number of aromatic nitrogens is 2. The number of hydrogen-bond donors (Lipinski definition) is 2. The highest BCUT2D eigenvalue weighted by Gasteiger charge is 2.31. The van der Waals surface area contributed by atoms with Crippen LogP contribution in [0.3, 0.4) is 0 Å². The highest BCUT2D eigenvalue weighted by molar-refractivity contribution is 5.97. The second-order valence-electron chi connectivity index (χ2n) is 6.28. The maximum atomic E-state index is 12.4. The van der Waals surface area contributed by atoms with E-state index in [0.29, 0.717) is 23.2 Å². The Hall–Kier alpha value is -1.56. The van der Waals surface area contributed by atoms with Gasteiger partial charge in [-0.3, -0.25) is 9.89 Å². The number of carbonyl (C=O) groups is 1. The standard InChI is InChI=1S/C14H23N5O/c1-18-6-5-9(7-18)8-19(2)14(20)13-11(15)12(16-17-13)10-3-4-10/h9-10H,3-8,15H2,1-2H3,(H,16,17). The van der Waals surface area contributed by atoms with Crippen LogP contribution in [-0.2, 0) is 0 Å². The maximum absolute atomic E-state index is 12.4. The Morgan fingerprint density at radius 3 is 2.85 bits per heavy atom. The van der Waals surface area contributed by atoms with Crippen LogP contribution in [0.4, 0.5) is 5.69 Å². The van der Waals surface area contributed by atoms with Crippen molar-refractivity contribution in [2.45, 2.75) is 25.2 Å². The van der Waals surface area contributed by atoms with Crippen LogP contribution >= 0.6 is 0 Å². The summed E-state index contributed by atoms with van der Waals surface area (Å²) in [6.45, 7) is 2.94. The van der Waals surface area contributed by atoms with E-state index < -0.39 is 0 Å². The number of nitrogens with zero attached hydrogens (tertiary/aromatic N) is 3. The summed E-state index contributed by atoms with van der Waals surface area (Å²) < 4.78 is 0. The monoisotopic (exact) mass is 277 g/mol. The largest absolute Gasteiger partial charge is 0.395 e. The van der Waals surface area contributed by atoms with Crippen molar-refractivity contribution < 1.29 is 4.79 Å². The molecule has 0 spiro atoms. The predicted molar refractivity (Wildman–Crippen MR) is 77.5 cm³/mol. The van der Waals surface area contributed by atoms with Crippen molar-refractivity contribution >= 4 is 11.6 Å². The molecule has 2 aliphatic rings. The molecule has 2 heterocycles. The van der Waals surface area contributed by atoms with Gasteiger partial charge in [-0.2, -0.15) is 5.10 Å². The van der Waals surface area contributed by atoms with Gasteiger partial charge in [0.05, 0.1) is 11.4 Å². The molecule has 0 radical (unpaired) electrons. The molecule has 1 aromatic heterocycles. The third-order valence-corrected chi connectivity index (χ3v) is 4.39. The molecule has 1 aliphatic heterocycles. The van der Waals surface area contributed by atoms with Gasteiger partial charge in [0.2, 0.25) is 0 Å². The molecule has 3 N–H and O–H groups in total. The van der Waals surface area contributed by atoms with E-state index in [4.69, 9.17) is 5.73 Å². The number of likely N-dealkylation sites (tertiary alicyclic amines) is 1. The lowest BCUT2D eigenvalue weighted by Gasteiger charge is -2.20. The van der Waals surface area contributed by atoms with Crippen molar-refractivity contribution in [3.63, 3.8) is 0 Å². The predicted octanol–water partition coefficient (Wildman–Crippen LogP) is 0.893. The molecule has 6 nitrogen and oxygen atoms in total. The third kappa shape index (κ3) is 2.52. The van der Waals surface area contributed by atoms with Gasteiger partial charge in [-0.25, -0.2) is 0 Å². The molecular weight excluding hydrogens is 254 g/mol. The number of anilines is 1. The van der Waals surface area contributed by atoms with Gasteiger partial charge in [0.1, 0.15) is 0 Å². The van der Waals surface area contributed by atoms with Crippen LogP contribution in [0.5, 0.6) is 0 Å². The molecule has 1 unspecified atom stereocenters. The minimum absolute atomic E-state index is 0.0693. The minimum atomic E-state index is -0.0693. The van der Waals surface area contributed by atoms with E-state index >= 15 is 0 Å². The highest BCUT2D eigenvalue weighted by atomic mass is 16.2. The van der Waals surface area contributed by atoms with E-state index in [1.807, 2.05) is 7.05 Å². The first-order valence-electron chi connectivity index (χ1n) is 7.34. The molecule has 1 aromatic rings. The molecule has 1 saturated carbocycles. The van der Waals surface area contributed by atoms with Gasteiger partial charge in [0, 0.05) is 26.1 Å². The summed E-state index contributed by atoms with van der Waals surface area (Å²) in [6.07, 6.45) is 3.44. The summed E-state index contributed by atoms with van der Waals surface area (Å²) >= 11 is 0. The molecule has 0 aromatic carbocycles. The van der Waals surface area contributed by atoms with Crippen LogP contribution in [-0.4, -0.2) is 59.6 Å². The van der Waals surface area contributed by atoms with Gasteiger partial charge in [0.15, 0.2) is 5.69 Å². The van der Waals surface area contributed by atoms with Crippen molar-refractivity contribution in [2.24, 2.45) is 5.92 Å². The van der Waals surface area contributed by atoms with Crippen LogP contribution in [0.1, 0.15) is 41.4 Å². The van der Waals surface area contributed by atoms with E-state index in [2.05, 4.69) is 22.1 Å². The topological polar surface area (TPSA) is 78.2 Å². The van der Waals surface area contributed by atoms with Gasteiger partial charge in [-0.15, -0.1) is 0 Å². The first kappa shape index (κ1) is 13.4. The van der Waals surface area contributed by atoms with Gasteiger partial charge in [0.25, 0.3) is 5.91 Å². The average Bonchev–Trinajstić information content (AvgIpc) is 3.07. The molecule has 0 bridgehead atoms. The second-order valence-corrected chi connectivity index (χ2v) is 6.28. The molecule has 2 fully saturated rings. The van der Waals surface area contributed by atoms with Crippen LogP contribution in [0.2, 0.25) is 0 Å². The van der Waals surface area contributed by atoms with Gasteiger partial charge in [-0.1, -0.05) is 0 Å². The second kappa shape index (κ2) is 5.09. The Balaban J connectivity index is 1.65. The summed E-state index contributed by atoms with van der Waals surface area (Å²) in [4.78, 5) is 16.5. The summed E-state index contributed by atoms with van der Waals surface area (Å²) in [6, 6.07) is 0.